The van der Waals surface area contributed by atoms with Crippen molar-refractivity contribution < 1.29 is 14.5 Å². The molecule has 0 atom stereocenters. The number of anilines is 1. The molecule has 0 aliphatic rings. The lowest BCUT2D eigenvalue weighted by Gasteiger charge is -2.13. The van der Waals surface area contributed by atoms with E-state index < -0.39 is 16.7 Å². The summed E-state index contributed by atoms with van der Waals surface area (Å²) in [5, 5.41) is 18.8. The largest absolute Gasteiger partial charge is 0.387 e. The maximum absolute atomic E-state index is 12.9. The van der Waals surface area contributed by atoms with Gasteiger partial charge in [-0.05, 0) is 18.6 Å². The highest BCUT2D eigenvalue weighted by atomic mass is 16.6. The number of nitrogens with zero attached hydrogens (tertiary/aromatic N) is 3. The Morgan fingerprint density at radius 3 is 2.42 bits per heavy atom. The van der Waals surface area contributed by atoms with Gasteiger partial charge in [0, 0.05) is 36.8 Å². The Kier molecular flexibility index (Phi) is 7.34. The molecule has 0 radical (unpaired) electrons. The van der Waals surface area contributed by atoms with Crippen LogP contribution in [0.3, 0.4) is 0 Å². The molecular weight excluding hydrogens is 428 g/mol. The molecule has 2 aromatic carbocycles. The molecule has 3 rings (SSSR count). The van der Waals surface area contributed by atoms with E-state index in [2.05, 4.69) is 21.3 Å². The fourth-order valence-corrected chi connectivity index (χ4v) is 3.36. The van der Waals surface area contributed by atoms with Crippen molar-refractivity contribution in [2.45, 2.75) is 32.7 Å². The number of aryl methyl sites for hydroxylation is 1. The minimum atomic E-state index is -0.753. The number of nitro groups is 1. The maximum Gasteiger partial charge on any atom is 0.290 e. The number of carbonyl (C=O) groups is 2. The number of nitrogens with one attached hydrogen (secondary N) is 3. The van der Waals surface area contributed by atoms with Crippen LogP contribution in [0.2, 0.25) is 0 Å². The Labute approximate surface area is 188 Å². The normalized spacial score (nSPS) is 10.6. The van der Waals surface area contributed by atoms with E-state index in [0.29, 0.717) is 23.0 Å². The number of amides is 2. The van der Waals surface area contributed by atoms with Crippen LogP contribution in [0.5, 0.6) is 0 Å². The first-order chi connectivity index (χ1) is 15.9. The molecule has 2 amide bonds. The van der Waals surface area contributed by atoms with E-state index in [1.807, 2.05) is 6.92 Å². The second-order valence-corrected chi connectivity index (χ2v) is 7.27. The minimum Gasteiger partial charge on any atom is -0.387 e. The number of nitro benzene ring substituents is 1. The molecule has 11 nitrogen and oxygen atoms in total. The standard InChI is InChI=1S/C22H24N6O5/c1-3-4-7-12-27-22(31)16-9-6-5-8-15(16)19(26-27)21(30)25-24-20(29)17-13-14(28(32)33)10-11-18(17)23-2/h5-6,8-11,13,23H,3-4,7,12H2,1-2H3,(H,24,29)(H,25,30). The minimum absolute atomic E-state index is 0.0186. The highest BCUT2D eigenvalue weighted by Gasteiger charge is 2.20. The van der Waals surface area contributed by atoms with Crippen LogP contribution < -0.4 is 21.7 Å². The third-order valence-corrected chi connectivity index (χ3v) is 5.07. The molecule has 172 valence electrons. The molecule has 0 spiro atoms. The predicted octanol–water partition coefficient (Wildman–Crippen LogP) is 2.61. The van der Waals surface area contributed by atoms with Gasteiger partial charge in [0.05, 0.1) is 15.9 Å². The van der Waals surface area contributed by atoms with E-state index >= 15 is 0 Å². The van der Waals surface area contributed by atoms with Gasteiger partial charge in [0.2, 0.25) is 0 Å². The Hall–Kier alpha value is -4.28. The predicted molar refractivity (Wildman–Crippen MR) is 123 cm³/mol. The van der Waals surface area contributed by atoms with Gasteiger partial charge in [-0.2, -0.15) is 5.10 Å². The summed E-state index contributed by atoms with van der Waals surface area (Å²) < 4.78 is 1.26. The number of unbranched alkanes of at least 4 members (excludes halogenated alkanes) is 2. The van der Waals surface area contributed by atoms with Crippen LogP contribution in [0.25, 0.3) is 10.8 Å². The summed E-state index contributed by atoms with van der Waals surface area (Å²) in [4.78, 5) is 48.7. The Bertz CT molecular complexity index is 1270. The van der Waals surface area contributed by atoms with Gasteiger partial charge < -0.3 is 5.32 Å². The fraction of sp³-hybridized carbons (Fsp3) is 0.273. The monoisotopic (exact) mass is 452 g/mol. The van der Waals surface area contributed by atoms with Gasteiger partial charge in [0.15, 0.2) is 5.69 Å². The number of benzene rings is 2. The number of fused-ring (bicyclic) bond motifs is 1. The highest BCUT2D eigenvalue weighted by Crippen LogP contribution is 2.21. The van der Waals surface area contributed by atoms with Crippen molar-refractivity contribution in [3.8, 4) is 0 Å². The van der Waals surface area contributed by atoms with E-state index in [0.717, 1.165) is 25.3 Å². The number of hydrazine groups is 1. The summed E-state index contributed by atoms with van der Waals surface area (Å²) in [6, 6.07) is 10.4. The first-order valence-corrected chi connectivity index (χ1v) is 10.4. The van der Waals surface area contributed by atoms with E-state index in [1.165, 1.54) is 16.8 Å². The molecule has 3 aromatic rings. The van der Waals surface area contributed by atoms with E-state index in [4.69, 9.17) is 0 Å². The van der Waals surface area contributed by atoms with E-state index in [-0.39, 0.29) is 22.5 Å². The van der Waals surface area contributed by atoms with Crippen molar-refractivity contribution in [2.24, 2.45) is 0 Å². The molecule has 33 heavy (non-hydrogen) atoms. The van der Waals surface area contributed by atoms with Crippen LogP contribution >= 0.6 is 0 Å². The van der Waals surface area contributed by atoms with Gasteiger partial charge >= 0.3 is 0 Å². The Morgan fingerprint density at radius 2 is 1.76 bits per heavy atom. The van der Waals surface area contributed by atoms with Crippen molar-refractivity contribution in [1.29, 1.82) is 0 Å². The Balaban J connectivity index is 1.87. The van der Waals surface area contributed by atoms with Gasteiger partial charge in [-0.1, -0.05) is 38.0 Å². The molecule has 0 saturated carbocycles. The average Bonchev–Trinajstić information content (AvgIpc) is 2.83. The second-order valence-electron chi connectivity index (χ2n) is 7.27. The van der Waals surface area contributed by atoms with Crippen molar-refractivity contribution in [3.63, 3.8) is 0 Å². The molecule has 1 aromatic heterocycles. The third-order valence-electron chi connectivity index (χ3n) is 5.07. The first-order valence-electron chi connectivity index (χ1n) is 10.4. The van der Waals surface area contributed by atoms with Crippen molar-refractivity contribution in [3.05, 3.63) is 74.2 Å². The fourth-order valence-electron chi connectivity index (χ4n) is 3.36. The second kappa shape index (κ2) is 10.4. The molecule has 0 aliphatic carbocycles. The zero-order valence-electron chi connectivity index (χ0n) is 18.3. The van der Waals surface area contributed by atoms with Crippen LogP contribution in [-0.4, -0.2) is 33.6 Å². The lowest BCUT2D eigenvalue weighted by molar-refractivity contribution is -0.384. The summed E-state index contributed by atoms with van der Waals surface area (Å²) in [5.74, 6) is -1.47. The van der Waals surface area contributed by atoms with E-state index in [9.17, 15) is 24.5 Å². The van der Waals surface area contributed by atoms with Crippen LogP contribution in [-0.2, 0) is 6.54 Å². The van der Waals surface area contributed by atoms with Crippen molar-refractivity contribution in [2.75, 3.05) is 12.4 Å². The molecule has 11 heteroatoms. The van der Waals surface area contributed by atoms with Crippen LogP contribution in [0, 0.1) is 10.1 Å². The highest BCUT2D eigenvalue weighted by molar-refractivity contribution is 6.06. The number of hydrogen-bond acceptors (Lipinski definition) is 7. The van der Waals surface area contributed by atoms with E-state index in [1.54, 1.807) is 31.3 Å². The zero-order chi connectivity index (χ0) is 24.0. The topological polar surface area (TPSA) is 148 Å². The quantitative estimate of drug-likeness (QED) is 0.270. The van der Waals surface area contributed by atoms with Gasteiger partial charge in [-0.15, -0.1) is 0 Å². The average molecular weight is 452 g/mol. The molecule has 1 heterocycles. The van der Waals surface area contributed by atoms with Gasteiger partial charge in [0.1, 0.15) is 0 Å². The number of non-ortho nitro benzene ring substituents is 1. The Morgan fingerprint density at radius 1 is 1.06 bits per heavy atom. The maximum atomic E-state index is 12.9. The summed E-state index contributed by atoms with van der Waals surface area (Å²) in [6.45, 7) is 2.41. The number of rotatable bonds is 8. The zero-order valence-corrected chi connectivity index (χ0v) is 18.3. The molecule has 0 unspecified atom stereocenters. The first kappa shape index (κ1) is 23.4. The lowest BCUT2D eigenvalue weighted by Crippen LogP contribution is -2.43. The number of hydrogen-bond donors (Lipinski definition) is 3. The summed E-state index contributed by atoms with van der Waals surface area (Å²) >= 11 is 0. The SMILES string of the molecule is CCCCCn1nc(C(=O)NNC(=O)c2cc([N+](=O)[O-])ccc2NC)c2ccccc2c1=O. The molecule has 3 N–H and O–H groups in total. The summed E-state index contributed by atoms with van der Waals surface area (Å²) in [7, 11) is 1.56. The van der Waals surface area contributed by atoms with Crippen LogP contribution in [0.4, 0.5) is 11.4 Å². The van der Waals surface area contributed by atoms with Gasteiger partial charge in [-0.25, -0.2) is 4.68 Å². The number of aromatic nitrogens is 2. The number of carbonyl (C=O) groups excluding carboxylic acids is 2. The molecule has 0 aliphatic heterocycles. The molecule has 0 saturated heterocycles. The van der Waals surface area contributed by atoms with Crippen LogP contribution in [0.1, 0.15) is 47.0 Å². The van der Waals surface area contributed by atoms with Gasteiger partial charge in [-0.3, -0.25) is 35.3 Å². The molecule has 0 bridgehead atoms. The van der Waals surface area contributed by atoms with Gasteiger partial charge in [0.25, 0.3) is 23.1 Å². The lowest BCUT2D eigenvalue weighted by atomic mass is 10.1. The summed E-state index contributed by atoms with van der Waals surface area (Å²) in [6.07, 6.45) is 2.61. The molecular formula is C22H24N6O5. The van der Waals surface area contributed by atoms with Crippen LogP contribution in [0.15, 0.2) is 47.3 Å². The summed E-state index contributed by atoms with van der Waals surface area (Å²) in [5.41, 5.74) is 4.30. The smallest absolute Gasteiger partial charge is 0.290 e. The van der Waals surface area contributed by atoms with Crippen molar-refractivity contribution in [1.82, 2.24) is 20.6 Å². The third kappa shape index (κ3) is 5.14. The molecule has 0 fully saturated rings. The van der Waals surface area contributed by atoms with Crippen molar-refractivity contribution >= 4 is 34.0 Å².